The molecular formula is C5H12OP. The van der Waals surface area contributed by atoms with E-state index in [0.29, 0.717) is 0 Å². The van der Waals surface area contributed by atoms with E-state index in [9.17, 15) is 4.57 Å². The fourth-order valence-corrected chi connectivity index (χ4v) is 0.671. The number of hydrogen-bond donors (Lipinski definition) is 0. The molecule has 0 aliphatic carbocycles. The molecule has 0 amide bonds. The number of hydrogen-bond acceptors (Lipinski definition) is 1. The fourth-order valence-electron chi connectivity index (χ4n) is 0.224. The smallest absolute Gasteiger partial charge is 0.0876 e. The van der Waals surface area contributed by atoms with E-state index < -0.39 is 7.14 Å². The molecule has 0 aromatic heterocycles. The summed E-state index contributed by atoms with van der Waals surface area (Å²) in [6.45, 7) is 7.39. The van der Waals surface area contributed by atoms with E-state index in [0.717, 1.165) is 12.3 Å². The van der Waals surface area contributed by atoms with E-state index in [1.54, 1.807) is 0 Å². The average Bonchev–Trinajstić information content (AvgIpc) is 1.68. The van der Waals surface area contributed by atoms with Crippen molar-refractivity contribution in [2.24, 2.45) is 0 Å². The van der Waals surface area contributed by atoms with Crippen molar-refractivity contribution in [3.8, 4) is 0 Å². The molecule has 0 spiro atoms. The Morgan fingerprint density at radius 2 is 1.71 bits per heavy atom. The van der Waals surface area contributed by atoms with Gasteiger partial charge in [0.15, 0.2) is 0 Å². The standard InChI is InChI=1S/C5H12OP/c1-4-7(3,6)5-2/h3-5H2,1-2H3. The lowest BCUT2D eigenvalue weighted by atomic mass is 11.0. The second kappa shape index (κ2) is 2.52. The predicted molar refractivity (Wildman–Crippen MR) is 34.0 cm³/mol. The molecule has 0 fully saturated rings. The summed E-state index contributed by atoms with van der Waals surface area (Å²) in [6.07, 6.45) is 1.48. The van der Waals surface area contributed by atoms with Crippen LogP contribution in [0.5, 0.6) is 0 Å². The van der Waals surface area contributed by atoms with Gasteiger partial charge in [0, 0.05) is 6.66 Å². The third-order valence-corrected chi connectivity index (χ3v) is 3.46. The van der Waals surface area contributed by atoms with Gasteiger partial charge in [-0.3, -0.25) is 0 Å². The monoisotopic (exact) mass is 119 g/mol. The molecule has 0 aliphatic heterocycles. The second-order valence-corrected chi connectivity index (χ2v) is 5.07. The van der Waals surface area contributed by atoms with Gasteiger partial charge in [-0.05, 0) is 12.3 Å². The van der Waals surface area contributed by atoms with Crippen LogP contribution in [0.2, 0.25) is 0 Å². The van der Waals surface area contributed by atoms with Gasteiger partial charge in [0.05, 0.1) is 7.14 Å². The third kappa shape index (κ3) is 2.87. The summed E-state index contributed by atoms with van der Waals surface area (Å²) in [6, 6.07) is 0. The van der Waals surface area contributed by atoms with Crippen molar-refractivity contribution in [1.82, 2.24) is 0 Å². The Kier molecular flexibility index (Phi) is 2.60. The van der Waals surface area contributed by atoms with Gasteiger partial charge in [-0.25, -0.2) is 0 Å². The SMILES string of the molecule is [CH2]P(=O)(CC)CC. The molecule has 2 heteroatoms. The van der Waals surface area contributed by atoms with Crippen molar-refractivity contribution >= 4 is 7.14 Å². The second-order valence-electron chi connectivity index (χ2n) is 1.69. The topological polar surface area (TPSA) is 17.1 Å². The predicted octanol–water partition coefficient (Wildman–Crippen LogP) is 2.18. The lowest BCUT2D eigenvalue weighted by Crippen LogP contribution is -1.80. The number of rotatable bonds is 2. The molecular weight excluding hydrogens is 107 g/mol. The van der Waals surface area contributed by atoms with Gasteiger partial charge in [0.2, 0.25) is 0 Å². The van der Waals surface area contributed by atoms with Crippen LogP contribution in [-0.4, -0.2) is 12.3 Å². The van der Waals surface area contributed by atoms with Crippen LogP contribution in [0.15, 0.2) is 0 Å². The Hall–Kier alpha value is 0.230. The average molecular weight is 119 g/mol. The summed E-state index contributed by atoms with van der Waals surface area (Å²) in [4.78, 5) is 0. The van der Waals surface area contributed by atoms with Crippen molar-refractivity contribution < 1.29 is 4.57 Å². The highest BCUT2D eigenvalue weighted by Crippen LogP contribution is 2.41. The molecule has 0 N–H and O–H groups in total. The van der Waals surface area contributed by atoms with Crippen molar-refractivity contribution in [3.63, 3.8) is 0 Å². The maximum Gasteiger partial charge on any atom is 0.0876 e. The van der Waals surface area contributed by atoms with Gasteiger partial charge in [-0.2, -0.15) is 0 Å². The zero-order valence-electron chi connectivity index (χ0n) is 4.98. The van der Waals surface area contributed by atoms with Crippen LogP contribution in [0.3, 0.4) is 0 Å². The molecule has 0 rings (SSSR count). The van der Waals surface area contributed by atoms with Crippen molar-refractivity contribution in [3.05, 3.63) is 6.66 Å². The van der Waals surface area contributed by atoms with E-state index in [1.165, 1.54) is 0 Å². The van der Waals surface area contributed by atoms with E-state index in [2.05, 4.69) is 6.66 Å². The molecule has 0 aromatic rings. The van der Waals surface area contributed by atoms with Crippen LogP contribution < -0.4 is 0 Å². The minimum absolute atomic E-state index is 0.740. The van der Waals surface area contributed by atoms with E-state index in [-0.39, 0.29) is 0 Å². The molecule has 0 aromatic carbocycles. The first kappa shape index (κ1) is 7.23. The van der Waals surface area contributed by atoms with E-state index >= 15 is 0 Å². The summed E-state index contributed by atoms with van der Waals surface area (Å²) in [7, 11) is -1.90. The van der Waals surface area contributed by atoms with Gasteiger partial charge < -0.3 is 4.57 Å². The van der Waals surface area contributed by atoms with Crippen molar-refractivity contribution in [1.29, 1.82) is 0 Å². The highest BCUT2D eigenvalue weighted by molar-refractivity contribution is 7.65. The highest BCUT2D eigenvalue weighted by Gasteiger charge is 2.06. The minimum atomic E-state index is -1.90. The Balaban J connectivity index is 3.61. The summed E-state index contributed by atoms with van der Waals surface area (Å²) in [5.41, 5.74) is 0. The van der Waals surface area contributed by atoms with Crippen LogP contribution in [0.4, 0.5) is 0 Å². The summed E-state index contributed by atoms with van der Waals surface area (Å²) >= 11 is 0. The Bertz CT molecular complexity index is 80.1. The molecule has 43 valence electrons. The maximum absolute atomic E-state index is 10.8. The largest absolute Gasteiger partial charge is 0.324 e. The maximum atomic E-state index is 10.8. The van der Waals surface area contributed by atoms with Crippen molar-refractivity contribution in [2.75, 3.05) is 12.3 Å². The normalized spacial score (nSPS) is 11.9. The Morgan fingerprint density at radius 3 is 1.71 bits per heavy atom. The zero-order valence-corrected chi connectivity index (χ0v) is 5.87. The first-order chi connectivity index (χ1) is 3.12. The third-order valence-electron chi connectivity index (χ3n) is 1.15. The van der Waals surface area contributed by atoms with Gasteiger partial charge >= 0.3 is 0 Å². The van der Waals surface area contributed by atoms with Gasteiger partial charge in [-0.15, -0.1) is 0 Å². The van der Waals surface area contributed by atoms with Gasteiger partial charge in [-0.1, -0.05) is 13.8 Å². The molecule has 1 radical (unpaired) electrons. The molecule has 0 saturated carbocycles. The molecule has 0 saturated heterocycles. The lowest BCUT2D eigenvalue weighted by molar-refractivity contribution is 0.582. The molecule has 0 bridgehead atoms. The molecule has 7 heavy (non-hydrogen) atoms. The lowest BCUT2D eigenvalue weighted by Gasteiger charge is -2.02. The Morgan fingerprint density at radius 1 is 1.43 bits per heavy atom. The van der Waals surface area contributed by atoms with Crippen LogP contribution in [0.25, 0.3) is 0 Å². The fraction of sp³-hybridized carbons (Fsp3) is 0.800. The quantitative estimate of drug-likeness (QED) is 0.509. The summed E-state index contributed by atoms with van der Waals surface area (Å²) in [5.74, 6) is 0. The summed E-state index contributed by atoms with van der Waals surface area (Å²) < 4.78 is 10.8. The van der Waals surface area contributed by atoms with Crippen LogP contribution in [0.1, 0.15) is 13.8 Å². The van der Waals surface area contributed by atoms with Gasteiger partial charge in [0.1, 0.15) is 0 Å². The summed E-state index contributed by atoms with van der Waals surface area (Å²) in [5, 5.41) is 0. The first-order valence-electron chi connectivity index (χ1n) is 2.55. The molecule has 1 nitrogen and oxygen atoms in total. The minimum Gasteiger partial charge on any atom is -0.324 e. The molecule has 0 unspecified atom stereocenters. The first-order valence-corrected chi connectivity index (χ1v) is 4.81. The van der Waals surface area contributed by atoms with E-state index in [4.69, 9.17) is 0 Å². The Labute approximate surface area is 45.5 Å². The highest BCUT2D eigenvalue weighted by atomic mass is 31.2. The molecule has 0 atom stereocenters. The van der Waals surface area contributed by atoms with Crippen LogP contribution in [-0.2, 0) is 4.57 Å². The van der Waals surface area contributed by atoms with Gasteiger partial charge in [0.25, 0.3) is 0 Å². The molecule has 0 heterocycles. The molecule has 0 aliphatic rings. The van der Waals surface area contributed by atoms with Crippen LogP contribution in [0, 0.1) is 6.66 Å². The van der Waals surface area contributed by atoms with Crippen molar-refractivity contribution in [2.45, 2.75) is 13.8 Å². The van der Waals surface area contributed by atoms with Crippen LogP contribution >= 0.6 is 7.14 Å². The van der Waals surface area contributed by atoms with E-state index in [1.807, 2.05) is 13.8 Å². The zero-order chi connectivity index (χ0) is 5.91.